The number of carbonyl (C=O) groups excluding carboxylic acids is 1. The maximum atomic E-state index is 11.9. The van der Waals surface area contributed by atoms with Crippen LogP contribution in [0.25, 0.3) is 0 Å². The molecule has 1 fully saturated rings. The largest absolute Gasteiger partial charge is 0.462 e. The average molecular weight is 261 g/mol. The van der Waals surface area contributed by atoms with Crippen LogP contribution >= 0.6 is 0 Å². The van der Waals surface area contributed by atoms with Gasteiger partial charge in [0.2, 0.25) is 0 Å². The summed E-state index contributed by atoms with van der Waals surface area (Å²) < 4.78 is 5.08. The minimum atomic E-state index is -0.249. The molecule has 0 aromatic heterocycles. The summed E-state index contributed by atoms with van der Waals surface area (Å²) in [5.41, 5.74) is 1.51. The van der Waals surface area contributed by atoms with Crippen LogP contribution in [0.2, 0.25) is 0 Å². The van der Waals surface area contributed by atoms with Crippen molar-refractivity contribution in [1.29, 1.82) is 0 Å². The van der Waals surface area contributed by atoms with E-state index in [-0.39, 0.29) is 5.97 Å². The lowest BCUT2D eigenvalue weighted by atomic mass is 9.81. The maximum absolute atomic E-state index is 11.9. The Morgan fingerprint density at radius 1 is 1.42 bits per heavy atom. The standard InChI is InChI=1S/C16H23NO2/c1-3-19-16(18)14-9-4-5-10-15(14)17-12(2)11-13-7-6-8-13/h4-5,9-10,12-13,17H,3,6-8,11H2,1-2H3. The van der Waals surface area contributed by atoms with Gasteiger partial charge in [0.15, 0.2) is 0 Å². The Morgan fingerprint density at radius 3 is 2.79 bits per heavy atom. The molecule has 3 nitrogen and oxygen atoms in total. The molecule has 0 radical (unpaired) electrons. The van der Waals surface area contributed by atoms with Crippen LogP contribution in [0.5, 0.6) is 0 Å². The lowest BCUT2D eigenvalue weighted by molar-refractivity contribution is 0.0527. The topological polar surface area (TPSA) is 38.3 Å². The van der Waals surface area contributed by atoms with Crippen LogP contribution in [0.4, 0.5) is 5.69 Å². The number of hydrogen-bond donors (Lipinski definition) is 1. The van der Waals surface area contributed by atoms with Gasteiger partial charge < -0.3 is 10.1 Å². The van der Waals surface area contributed by atoms with E-state index in [9.17, 15) is 4.79 Å². The third kappa shape index (κ3) is 3.72. The molecule has 1 aromatic rings. The zero-order chi connectivity index (χ0) is 13.7. The number of anilines is 1. The summed E-state index contributed by atoms with van der Waals surface area (Å²) in [6, 6.07) is 7.97. The molecule has 1 aromatic carbocycles. The fourth-order valence-corrected chi connectivity index (χ4v) is 2.55. The van der Waals surface area contributed by atoms with E-state index >= 15 is 0 Å². The highest BCUT2D eigenvalue weighted by Crippen LogP contribution is 2.31. The molecular formula is C16H23NO2. The van der Waals surface area contributed by atoms with Gasteiger partial charge in [-0.05, 0) is 38.3 Å². The first-order chi connectivity index (χ1) is 9.20. The van der Waals surface area contributed by atoms with Crippen molar-refractivity contribution in [2.45, 2.75) is 45.6 Å². The lowest BCUT2D eigenvalue weighted by Gasteiger charge is -2.29. The summed E-state index contributed by atoms with van der Waals surface area (Å²) in [6.45, 7) is 4.41. The Morgan fingerprint density at radius 2 is 2.16 bits per heavy atom. The predicted molar refractivity (Wildman–Crippen MR) is 77.4 cm³/mol. The van der Waals surface area contributed by atoms with Crippen molar-refractivity contribution in [3.63, 3.8) is 0 Å². The second kappa shape index (κ2) is 6.60. The number of para-hydroxylation sites is 1. The molecule has 0 aliphatic heterocycles. The van der Waals surface area contributed by atoms with E-state index in [0.29, 0.717) is 18.2 Å². The SMILES string of the molecule is CCOC(=O)c1ccccc1NC(C)CC1CCC1. The fraction of sp³-hybridized carbons (Fsp3) is 0.562. The average Bonchev–Trinajstić information content (AvgIpc) is 2.35. The molecule has 3 heteroatoms. The highest BCUT2D eigenvalue weighted by Gasteiger charge is 2.21. The zero-order valence-electron chi connectivity index (χ0n) is 11.8. The number of rotatable bonds is 6. The summed E-state index contributed by atoms with van der Waals surface area (Å²) in [4.78, 5) is 11.9. The van der Waals surface area contributed by atoms with Crippen molar-refractivity contribution < 1.29 is 9.53 Å². The first-order valence-electron chi connectivity index (χ1n) is 7.23. The highest BCUT2D eigenvalue weighted by molar-refractivity contribution is 5.95. The van der Waals surface area contributed by atoms with E-state index in [2.05, 4.69) is 12.2 Å². The second-order valence-corrected chi connectivity index (χ2v) is 5.34. The van der Waals surface area contributed by atoms with E-state index in [4.69, 9.17) is 4.74 Å². The number of nitrogens with one attached hydrogen (secondary N) is 1. The van der Waals surface area contributed by atoms with Crippen molar-refractivity contribution in [1.82, 2.24) is 0 Å². The molecule has 0 spiro atoms. The first-order valence-corrected chi connectivity index (χ1v) is 7.23. The van der Waals surface area contributed by atoms with E-state index in [1.54, 1.807) is 0 Å². The number of esters is 1. The molecule has 19 heavy (non-hydrogen) atoms. The minimum Gasteiger partial charge on any atom is -0.462 e. The monoisotopic (exact) mass is 261 g/mol. The maximum Gasteiger partial charge on any atom is 0.340 e. The Bertz CT molecular complexity index is 427. The van der Waals surface area contributed by atoms with Gasteiger partial charge in [0.25, 0.3) is 0 Å². The van der Waals surface area contributed by atoms with Crippen LogP contribution in [0.15, 0.2) is 24.3 Å². The molecule has 0 saturated heterocycles. The predicted octanol–water partition coefficient (Wildman–Crippen LogP) is 3.85. The van der Waals surface area contributed by atoms with Crippen molar-refractivity contribution in [3.05, 3.63) is 29.8 Å². The third-order valence-corrected chi connectivity index (χ3v) is 3.74. The summed E-state index contributed by atoms with van der Waals surface area (Å²) >= 11 is 0. The number of benzene rings is 1. The molecule has 1 atom stereocenters. The minimum absolute atomic E-state index is 0.249. The van der Waals surface area contributed by atoms with Gasteiger partial charge in [-0.2, -0.15) is 0 Å². The quantitative estimate of drug-likeness (QED) is 0.790. The van der Waals surface area contributed by atoms with Crippen molar-refractivity contribution in [3.8, 4) is 0 Å². The van der Waals surface area contributed by atoms with Crippen molar-refractivity contribution in [2.75, 3.05) is 11.9 Å². The van der Waals surface area contributed by atoms with E-state index < -0.39 is 0 Å². The Kier molecular flexibility index (Phi) is 4.83. The number of carbonyl (C=O) groups is 1. The molecule has 1 N–H and O–H groups in total. The Balaban J connectivity index is 1.99. The van der Waals surface area contributed by atoms with Gasteiger partial charge in [-0.1, -0.05) is 31.4 Å². The molecule has 104 valence electrons. The van der Waals surface area contributed by atoms with Crippen molar-refractivity contribution in [2.24, 2.45) is 5.92 Å². The third-order valence-electron chi connectivity index (χ3n) is 3.74. The lowest BCUT2D eigenvalue weighted by Crippen LogP contribution is -2.24. The van der Waals surface area contributed by atoms with Crippen LogP contribution < -0.4 is 5.32 Å². The second-order valence-electron chi connectivity index (χ2n) is 5.34. The van der Waals surface area contributed by atoms with Gasteiger partial charge in [-0.3, -0.25) is 0 Å². The smallest absolute Gasteiger partial charge is 0.340 e. The fourth-order valence-electron chi connectivity index (χ4n) is 2.55. The Hall–Kier alpha value is -1.51. The van der Waals surface area contributed by atoms with Crippen LogP contribution in [0, 0.1) is 5.92 Å². The zero-order valence-corrected chi connectivity index (χ0v) is 11.8. The molecule has 1 unspecified atom stereocenters. The molecule has 2 rings (SSSR count). The normalized spacial score (nSPS) is 16.5. The molecule has 0 amide bonds. The van der Waals surface area contributed by atoms with Gasteiger partial charge in [-0.15, -0.1) is 0 Å². The van der Waals surface area contributed by atoms with Gasteiger partial charge in [0.05, 0.1) is 12.2 Å². The molecule has 1 aliphatic carbocycles. The van der Waals surface area contributed by atoms with E-state index in [1.165, 1.54) is 25.7 Å². The van der Waals surface area contributed by atoms with Crippen LogP contribution in [0.3, 0.4) is 0 Å². The van der Waals surface area contributed by atoms with Gasteiger partial charge >= 0.3 is 5.97 Å². The summed E-state index contributed by atoms with van der Waals surface area (Å²) in [5, 5.41) is 3.45. The molecule has 0 bridgehead atoms. The summed E-state index contributed by atoms with van der Waals surface area (Å²) in [6.07, 6.45) is 5.26. The van der Waals surface area contributed by atoms with Gasteiger partial charge in [0.1, 0.15) is 0 Å². The molecule has 1 aliphatic rings. The summed E-state index contributed by atoms with van der Waals surface area (Å²) in [5.74, 6) is 0.610. The molecular weight excluding hydrogens is 238 g/mol. The van der Waals surface area contributed by atoms with Crippen LogP contribution in [-0.4, -0.2) is 18.6 Å². The number of ether oxygens (including phenoxy) is 1. The molecule has 0 heterocycles. The van der Waals surface area contributed by atoms with E-state index in [0.717, 1.165) is 11.6 Å². The van der Waals surface area contributed by atoms with Gasteiger partial charge in [-0.25, -0.2) is 4.79 Å². The van der Waals surface area contributed by atoms with Crippen LogP contribution in [0.1, 0.15) is 49.9 Å². The molecule has 1 saturated carbocycles. The Labute approximate surface area is 115 Å². The highest BCUT2D eigenvalue weighted by atomic mass is 16.5. The first kappa shape index (κ1) is 13.9. The van der Waals surface area contributed by atoms with E-state index in [1.807, 2.05) is 31.2 Å². The van der Waals surface area contributed by atoms with Gasteiger partial charge in [0, 0.05) is 11.7 Å². The summed E-state index contributed by atoms with van der Waals surface area (Å²) in [7, 11) is 0. The van der Waals surface area contributed by atoms with Crippen molar-refractivity contribution >= 4 is 11.7 Å². The van der Waals surface area contributed by atoms with Crippen LogP contribution in [-0.2, 0) is 4.74 Å². The number of hydrogen-bond acceptors (Lipinski definition) is 3.